The largest absolute Gasteiger partial charge is 0.493 e. The predicted molar refractivity (Wildman–Crippen MR) is 73.7 cm³/mol. The zero-order valence-electron chi connectivity index (χ0n) is 11.5. The van der Waals surface area contributed by atoms with Crippen molar-refractivity contribution >= 4 is 0 Å². The Bertz CT molecular complexity index is 602. The smallest absolute Gasteiger partial charge is 0.322 e. The van der Waals surface area contributed by atoms with Gasteiger partial charge < -0.3 is 20.3 Å². The first kappa shape index (κ1) is 14.2. The highest BCUT2D eigenvalue weighted by atomic mass is 16.5. The minimum atomic E-state index is -0.0606. The fourth-order valence-corrected chi connectivity index (χ4v) is 1.75. The fraction of sp³-hybridized carbons (Fsp3) is 0.286. The van der Waals surface area contributed by atoms with Gasteiger partial charge in [-0.05, 0) is 30.7 Å². The molecule has 1 heterocycles. The fourth-order valence-electron chi connectivity index (χ4n) is 1.75. The maximum absolute atomic E-state index is 9.11. The molecular formula is C14H17N3O3. The Hall–Kier alpha value is -2.18. The van der Waals surface area contributed by atoms with E-state index in [1.807, 2.05) is 6.92 Å². The van der Waals surface area contributed by atoms with Crippen LogP contribution in [-0.2, 0) is 13.2 Å². The number of hydrogen-bond donors (Lipinski definition) is 2. The second-order valence-corrected chi connectivity index (χ2v) is 4.23. The quantitative estimate of drug-likeness (QED) is 0.860. The van der Waals surface area contributed by atoms with Crippen LogP contribution in [0.2, 0.25) is 0 Å². The molecule has 0 amide bonds. The van der Waals surface area contributed by atoms with Crippen molar-refractivity contribution in [2.75, 3.05) is 7.11 Å². The Labute approximate surface area is 117 Å². The number of aliphatic hydroxyl groups excluding tert-OH is 1. The summed E-state index contributed by atoms with van der Waals surface area (Å²) in [6.07, 6.45) is 0. The van der Waals surface area contributed by atoms with Crippen LogP contribution in [0.3, 0.4) is 0 Å². The molecule has 0 radical (unpaired) electrons. The van der Waals surface area contributed by atoms with E-state index in [-0.39, 0.29) is 12.6 Å². The molecule has 0 spiro atoms. The maximum atomic E-state index is 9.11. The summed E-state index contributed by atoms with van der Waals surface area (Å²) < 4.78 is 10.9. The Kier molecular flexibility index (Phi) is 4.49. The van der Waals surface area contributed by atoms with Crippen LogP contribution in [0.25, 0.3) is 0 Å². The van der Waals surface area contributed by atoms with Gasteiger partial charge in [0.1, 0.15) is 0 Å². The lowest BCUT2D eigenvalue weighted by atomic mass is 10.2. The molecule has 0 unspecified atom stereocenters. The highest BCUT2D eigenvalue weighted by Gasteiger charge is 2.09. The lowest BCUT2D eigenvalue weighted by Gasteiger charge is -2.11. The first-order valence-electron chi connectivity index (χ1n) is 6.16. The third-order valence-electron chi connectivity index (χ3n) is 2.71. The molecule has 0 aliphatic carbocycles. The molecule has 20 heavy (non-hydrogen) atoms. The van der Waals surface area contributed by atoms with Crippen LogP contribution in [0.5, 0.6) is 17.5 Å². The SMILES string of the molecule is COc1cc(CO)ccc1Oc1nc(C)cc(CN)n1. The molecule has 0 saturated carbocycles. The zero-order valence-corrected chi connectivity index (χ0v) is 11.5. The van der Waals surface area contributed by atoms with Crippen molar-refractivity contribution in [1.29, 1.82) is 0 Å². The number of nitrogens with two attached hydrogens (primary N) is 1. The van der Waals surface area contributed by atoms with Gasteiger partial charge in [0.05, 0.1) is 19.4 Å². The lowest BCUT2D eigenvalue weighted by molar-refractivity contribution is 0.280. The third kappa shape index (κ3) is 3.23. The number of ether oxygens (including phenoxy) is 2. The first-order chi connectivity index (χ1) is 9.66. The number of aryl methyl sites for hydroxylation is 1. The summed E-state index contributed by atoms with van der Waals surface area (Å²) in [5.41, 5.74) is 7.80. The second-order valence-electron chi connectivity index (χ2n) is 4.23. The van der Waals surface area contributed by atoms with E-state index in [0.29, 0.717) is 23.7 Å². The standard InChI is InChI=1S/C14H17N3O3/c1-9-5-11(7-15)17-14(16-9)20-12-4-3-10(8-18)6-13(12)19-2/h3-6,18H,7-8,15H2,1-2H3. The second kappa shape index (κ2) is 6.31. The van der Waals surface area contributed by atoms with Gasteiger partial charge in [0.2, 0.25) is 0 Å². The minimum Gasteiger partial charge on any atom is -0.493 e. The summed E-state index contributed by atoms with van der Waals surface area (Å²) in [6, 6.07) is 7.18. The van der Waals surface area contributed by atoms with Gasteiger partial charge in [0, 0.05) is 12.2 Å². The van der Waals surface area contributed by atoms with E-state index in [2.05, 4.69) is 9.97 Å². The Morgan fingerprint density at radius 1 is 1.20 bits per heavy atom. The summed E-state index contributed by atoms with van der Waals surface area (Å²) in [5.74, 6) is 0.995. The van der Waals surface area contributed by atoms with E-state index >= 15 is 0 Å². The number of aliphatic hydroxyl groups is 1. The average molecular weight is 275 g/mol. The van der Waals surface area contributed by atoms with Gasteiger partial charge in [-0.2, -0.15) is 4.98 Å². The van der Waals surface area contributed by atoms with Gasteiger partial charge in [-0.3, -0.25) is 0 Å². The topological polar surface area (TPSA) is 90.5 Å². The van der Waals surface area contributed by atoms with Gasteiger partial charge in [0.15, 0.2) is 11.5 Å². The van der Waals surface area contributed by atoms with Crippen molar-refractivity contribution in [3.05, 3.63) is 41.2 Å². The molecule has 2 rings (SSSR count). The van der Waals surface area contributed by atoms with Gasteiger partial charge in [0.25, 0.3) is 0 Å². The van der Waals surface area contributed by atoms with E-state index in [0.717, 1.165) is 11.3 Å². The summed E-state index contributed by atoms with van der Waals surface area (Å²) in [7, 11) is 1.53. The molecule has 6 heteroatoms. The van der Waals surface area contributed by atoms with Gasteiger partial charge in [-0.15, -0.1) is 0 Å². The van der Waals surface area contributed by atoms with Crippen LogP contribution in [0, 0.1) is 6.92 Å². The van der Waals surface area contributed by atoms with Crippen molar-refractivity contribution in [2.45, 2.75) is 20.1 Å². The van der Waals surface area contributed by atoms with E-state index in [9.17, 15) is 0 Å². The van der Waals surface area contributed by atoms with Crippen molar-refractivity contribution in [3.63, 3.8) is 0 Å². The van der Waals surface area contributed by atoms with Crippen molar-refractivity contribution in [1.82, 2.24) is 9.97 Å². The first-order valence-corrected chi connectivity index (χ1v) is 6.16. The molecule has 3 N–H and O–H groups in total. The Morgan fingerprint density at radius 3 is 2.65 bits per heavy atom. The van der Waals surface area contributed by atoms with Crippen LogP contribution in [0.15, 0.2) is 24.3 Å². The number of methoxy groups -OCH3 is 1. The molecule has 6 nitrogen and oxygen atoms in total. The van der Waals surface area contributed by atoms with E-state index < -0.39 is 0 Å². The predicted octanol–water partition coefficient (Wildman–Crippen LogP) is 1.54. The molecule has 106 valence electrons. The third-order valence-corrected chi connectivity index (χ3v) is 2.71. The molecule has 0 fully saturated rings. The number of hydrogen-bond acceptors (Lipinski definition) is 6. The summed E-state index contributed by atoms with van der Waals surface area (Å²) in [6.45, 7) is 2.11. The van der Waals surface area contributed by atoms with Crippen molar-refractivity contribution in [2.24, 2.45) is 5.73 Å². The normalized spacial score (nSPS) is 10.4. The van der Waals surface area contributed by atoms with E-state index in [4.69, 9.17) is 20.3 Å². The van der Waals surface area contributed by atoms with Crippen LogP contribution in [0.4, 0.5) is 0 Å². The van der Waals surface area contributed by atoms with Crippen LogP contribution < -0.4 is 15.2 Å². The average Bonchev–Trinajstić information content (AvgIpc) is 2.47. The summed E-state index contributed by atoms with van der Waals surface area (Å²) >= 11 is 0. The van der Waals surface area contributed by atoms with Gasteiger partial charge in [-0.25, -0.2) is 4.98 Å². The Morgan fingerprint density at radius 2 is 2.00 bits per heavy atom. The monoisotopic (exact) mass is 275 g/mol. The van der Waals surface area contributed by atoms with E-state index in [1.54, 1.807) is 24.3 Å². The molecule has 2 aromatic rings. The van der Waals surface area contributed by atoms with Crippen LogP contribution in [-0.4, -0.2) is 22.2 Å². The summed E-state index contributed by atoms with van der Waals surface area (Å²) in [4.78, 5) is 8.40. The Balaban J connectivity index is 2.31. The molecule has 0 bridgehead atoms. The molecule has 1 aromatic carbocycles. The molecular weight excluding hydrogens is 258 g/mol. The molecule has 0 aliphatic heterocycles. The van der Waals surface area contributed by atoms with Crippen molar-refractivity contribution < 1.29 is 14.6 Å². The molecule has 0 saturated heterocycles. The number of rotatable bonds is 5. The number of benzene rings is 1. The zero-order chi connectivity index (χ0) is 14.5. The van der Waals surface area contributed by atoms with Gasteiger partial charge >= 0.3 is 6.01 Å². The van der Waals surface area contributed by atoms with Crippen LogP contribution >= 0.6 is 0 Å². The number of aromatic nitrogens is 2. The number of nitrogens with zero attached hydrogens (tertiary/aromatic N) is 2. The van der Waals surface area contributed by atoms with Gasteiger partial charge in [-0.1, -0.05) is 6.07 Å². The molecule has 0 aliphatic rings. The lowest BCUT2D eigenvalue weighted by Crippen LogP contribution is -2.04. The molecule has 0 atom stereocenters. The van der Waals surface area contributed by atoms with E-state index in [1.165, 1.54) is 7.11 Å². The highest BCUT2D eigenvalue weighted by Crippen LogP contribution is 2.31. The van der Waals surface area contributed by atoms with Crippen LogP contribution in [0.1, 0.15) is 17.0 Å². The van der Waals surface area contributed by atoms with Crippen molar-refractivity contribution in [3.8, 4) is 17.5 Å². The minimum absolute atomic E-state index is 0.0606. The summed E-state index contributed by atoms with van der Waals surface area (Å²) in [5, 5.41) is 9.11. The maximum Gasteiger partial charge on any atom is 0.322 e. The highest BCUT2D eigenvalue weighted by molar-refractivity contribution is 5.44. The molecule has 1 aromatic heterocycles.